The maximum Gasteiger partial charge on any atom is 0.279 e. The van der Waals surface area contributed by atoms with Crippen LogP contribution in [-0.2, 0) is 21.3 Å². The molecule has 1 amide bonds. The van der Waals surface area contributed by atoms with Crippen molar-refractivity contribution in [3.05, 3.63) is 75.5 Å². The smallest absolute Gasteiger partial charge is 0.279 e. The van der Waals surface area contributed by atoms with E-state index in [0.29, 0.717) is 24.6 Å². The molecule has 0 aliphatic carbocycles. The normalized spacial score (nSPS) is 15.5. The highest BCUT2D eigenvalue weighted by Crippen LogP contribution is 2.28. The Morgan fingerprint density at radius 2 is 1.88 bits per heavy atom. The zero-order valence-corrected chi connectivity index (χ0v) is 20.1. The molecule has 0 bridgehead atoms. The Bertz CT molecular complexity index is 1300. The van der Waals surface area contributed by atoms with Gasteiger partial charge in [-0.25, -0.2) is 8.42 Å². The molecule has 174 valence electrons. The zero-order chi connectivity index (χ0) is 23.4. The van der Waals surface area contributed by atoms with Crippen molar-refractivity contribution in [1.29, 1.82) is 0 Å². The van der Waals surface area contributed by atoms with Crippen LogP contribution in [0.15, 0.2) is 63.9 Å². The number of carbonyl (C=O) groups is 1. The van der Waals surface area contributed by atoms with Crippen LogP contribution >= 0.6 is 11.3 Å². The lowest BCUT2D eigenvalue weighted by molar-refractivity contribution is 0.0729. The van der Waals surface area contributed by atoms with Crippen molar-refractivity contribution in [3.63, 3.8) is 0 Å². The number of morpholine rings is 1. The van der Waals surface area contributed by atoms with E-state index in [4.69, 9.17) is 9.47 Å². The molecule has 0 N–H and O–H groups in total. The average Bonchev–Trinajstić information content (AvgIpc) is 3.27. The third-order valence-electron chi connectivity index (χ3n) is 5.33. The molecule has 1 fully saturated rings. The van der Waals surface area contributed by atoms with Crippen molar-refractivity contribution >= 4 is 27.3 Å². The first-order valence-corrected chi connectivity index (χ1v) is 12.7. The molecule has 4 rings (SSSR count). The number of hydrogen-bond donors (Lipinski definition) is 0. The molecule has 8 nitrogen and oxygen atoms in total. The van der Waals surface area contributed by atoms with Crippen molar-refractivity contribution < 1.29 is 22.7 Å². The van der Waals surface area contributed by atoms with Crippen LogP contribution in [0.25, 0.3) is 0 Å². The van der Waals surface area contributed by atoms with E-state index in [2.05, 4.69) is 4.99 Å². The van der Waals surface area contributed by atoms with Crippen LogP contribution in [0.1, 0.15) is 21.5 Å². The van der Waals surface area contributed by atoms with E-state index in [1.165, 1.54) is 46.5 Å². The number of hydrogen-bond acceptors (Lipinski definition) is 6. The Morgan fingerprint density at radius 3 is 2.58 bits per heavy atom. The van der Waals surface area contributed by atoms with E-state index < -0.39 is 15.9 Å². The predicted molar refractivity (Wildman–Crippen MR) is 125 cm³/mol. The Labute approximate surface area is 196 Å². The maximum absolute atomic E-state index is 13.2. The molecule has 1 saturated heterocycles. The van der Waals surface area contributed by atoms with Crippen molar-refractivity contribution in [3.8, 4) is 5.75 Å². The fourth-order valence-corrected chi connectivity index (χ4v) is 5.80. The topological polar surface area (TPSA) is 90.2 Å². The van der Waals surface area contributed by atoms with Gasteiger partial charge in [-0.3, -0.25) is 4.79 Å². The number of amides is 1. The number of methoxy groups -OCH3 is 1. The molecule has 1 aromatic heterocycles. The zero-order valence-electron chi connectivity index (χ0n) is 18.4. The Hall–Kier alpha value is -2.79. The number of aromatic nitrogens is 1. The van der Waals surface area contributed by atoms with Gasteiger partial charge in [0, 0.05) is 36.8 Å². The third-order valence-corrected chi connectivity index (χ3v) is 8.04. The van der Waals surface area contributed by atoms with Gasteiger partial charge in [0.1, 0.15) is 10.6 Å². The van der Waals surface area contributed by atoms with Crippen LogP contribution in [0.5, 0.6) is 5.75 Å². The quantitative estimate of drug-likeness (QED) is 0.533. The molecule has 0 spiro atoms. The van der Waals surface area contributed by atoms with Crippen LogP contribution in [-0.4, -0.2) is 56.6 Å². The summed E-state index contributed by atoms with van der Waals surface area (Å²) in [5.74, 6) is -0.334. The van der Waals surface area contributed by atoms with Crippen LogP contribution in [0.3, 0.4) is 0 Å². The molecule has 1 aliphatic heterocycles. The van der Waals surface area contributed by atoms with Gasteiger partial charge in [-0.2, -0.15) is 9.30 Å². The second kappa shape index (κ2) is 10.0. The highest BCUT2D eigenvalue weighted by molar-refractivity contribution is 7.89. The minimum Gasteiger partial charge on any atom is -0.495 e. The summed E-state index contributed by atoms with van der Waals surface area (Å²) in [6.07, 6.45) is 1.87. The minimum absolute atomic E-state index is 0.0494. The first-order chi connectivity index (χ1) is 15.9. The highest BCUT2D eigenvalue weighted by atomic mass is 32.2. The van der Waals surface area contributed by atoms with Gasteiger partial charge < -0.3 is 14.0 Å². The van der Waals surface area contributed by atoms with E-state index in [-0.39, 0.29) is 29.3 Å². The van der Waals surface area contributed by atoms with E-state index >= 15 is 0 Å². The average molecular weight is 488 g/mol. The number of aryl methyl sites for hydroxylation is 1. The minimum atomic E-state index is -3.84. The second-order valence-corrected chi connectivity index (χ2v) is 10.4. The monoisotopic (exact) mass is 487 g/mol. The van der Waals surface area contributed by atoms with E-state index in [0.717, 1.165) is 5.56 Å². The summed E-state index contributed by atoms with van der Waals surface area (Å²) < 4.78 is 40.1. The summed E-state index contributed by atoms with van der Waals surface area (Å²) in [7, 11) is -2.44. The first kappa shape index (κ1) is 23.4. The van der Waals surface area contributed by atoms with Crippen molar-refractivity contribution in [2.45, 2.75) is 18.4 Å². The molecule has 2 heterocycles. The largest absolute Gasteiger partial charge is 0.495 e. The SMILES string of the molecule is COc1ccc(C(=O)N=c2sccn2Cc2ccc(C)cc2)cc1S(=O)(=O)N1CCOCC1. The molecule has 10 heteroatoms. The van der Waals surface area contributed by atoms with Gasteiger partial charge in [0.2, 0.25) is 10.0 Å². The summed E-state index contributed by atoms with van der Waals surface area (Å²) >= 11 is 1.35. The first-order valence-electron chi connectivity index (χ1n) is 10.4. The standard InChI is InChI=1S/C23H25N3O5S2/c1-17-3-5-18(6-4-17)16-25-11-14-32-23(25)24-22(27)19-7-8-20(30-2)21(15-19)33(28,29)26-9-12-31-13-10-26/h3-8,11,14-15H,9-10,12-13,16H2,1-2H3. The van der Waals surface area contributed by atoms with E-state index in [9.17, 15) is 13.2 Å². The second-order valence-electron chi connectivity index (χ2n) is 7.60. The molecule has 0 radical (unpaired) electrons. The number of ether oxygens (including phenoxy) is 2. The lowest BCUT2D eigenvalue weighted by Gasteiger charge is -2.26. The Kier molecular flexibility index (Phi) is 7.08. The van der Waals surface area contributed by atoms with E-state index in [1.54, 1.807) is 0 Å². The van der Waals surface area contributed by atoms with Crippen molar-refractivity contribution in [1.82, 2.24) is 8.87 Å². The van der Waals surface area contributed by atoms with Gasteiger partial charge in [-0.1, -0.05) is 29.8 Å². The molecular weight excluding hydrogens is 462 g/mol. The van der Waals surface area contributed by atoms with Crippen LogP contribution in [0.2, 0.25) is 0 Å². The van der Waals surface area contributed by atoms with Crippen LogP contribution < -0.4 is 9.54 Å². The predicted octanol–water partition coefficient (Wildman–Crippen LogP) is 2.68. The summed E-state index contributed by atoms with van der Waals surface area (Å²) in [4.78, 5) is 17.7. The van der Waals surface area contributed by atoms with Gasteiger partial charge in [-0.05, 0) is 30.7 Å². The number of thiazole rings is 1. The summed E-state index contributed by atoms with van der Waals surface area (Å²) in [5.41, 5.74) is 2.45. The van der Waals surface area contributed by atoms with Gasteiger partial charge in [0.05, 0.1) is 20.3 Å². The molecule has 33 heavy (non-hydrogen) atoms. The fraction of sp³-hybridized carbons (Fsp3) is 0.304. The van der Waals surface area contributed by atoms with E-state index in [1.807, 2.05) is 47.3 Å². The molecule has 0 unspecified atom stereocenters. The lowest BCUT2D eigenvalue weighted by atomic mass is 10.1. The molecule has 1 aliphatic rings. The Morgan fingerprint density at radius 1 is 1.15 bits per heavy atom. The molecule has 0 atom stereocenters. The van der Waals surface area contributed by atoms with Crippen LogP contribution in [0.4, 0.5) is 0 Å². The van der Waals surface area contributed by atoms with Crippen molar-refractivity contribution in [2.75, 3.05) is 33.4 Å². The Balaban J connectivity index is 1.65. The maximum atomic E-state index is 13.2. The number of rotatable bonds is 6. The number of sulfonamides is 1. The van der Waals surface area contributed by atoms with Crippen LogP contribution in [0, 0.1) is 6.92 Å². The molecule has 2 aromatic carbocycles. The summed E-state index contributed by atoms with van der Waals surface area (Å²) in [5, 5.41) is 1.86. The van der Waals surface area contributed by atoms with Gasteiger partial charge in [0.15, 0.2) is 4.80 Å². The number of nitrogens with zero attached hydrogens (tertiary/aromatic N) is 3. The number of carbonyl (C=O) groups excluding carboxylic acids is 1. The van der Waals surface area contributed by atoms with Gasteiger partial charge >= 0.3 is 0 Å². The summed E-state index contributed by atoms with van der Waals surface area (Å²) in [6.45, 7) is 3.77. The van der Waals surface area contributed by atoms with Crippen molar-refractivity contribution in [2.24, 2.45) is 4.99 Å². The fourth-order valence-electron chi connectivity index (χ4n) is 3.49. The summed E-state index contributed by atoms with van der Waals surface area (Å²) in [6, 6.07) is 12.5. The molecule has 0 saturated carbocycles. The third kappa shape index (κ3) is 5.25. The molecular formula is C23H25N3O5S2. The number of benzene rings is 2. The molecule has 3 aromatic rings. The highest BCUT2D eigenvalue weighted by Gasteiger charge is 2.30. The van der Waals surface area contributed by atoms with Gasteiger partial charge in [-0.15, -0.1) is 11.3 Å². The lowest BCUT2D eigenvalue weighted by Crippen LogP contribution is -2.40. The van der Waals surface area contributed by atoms with Gasteiger partial charge in [0.25, 0.3) is 5.91 Å².